The van der Waals surface area contributed by atoms with Crippen LogP contribution in [0.4, 0.5) is 0 Å². The van der Waals surface area contributed by atoms with Crippen molar-refractivity contribution in [2.24, 2.45) is 0 Å². The van der Waals surface area contributed by atoms with E-state index in [-0.39, 0.29) is 23.7 Å². The summed E-state index contributed by atoms with van der Waals surface area (Å²) in [5.74, 6) is -0.368. The van der Waals surface area contributed by atoms with Crippen LogP contribution in [0.1, 0.15) is 47.6 Å². The van der Waals surface area contributed by atoms with Gasteiger partial charge in [-0.1, -0.05) is 0 Å². The smallest absolute Gasteiger partial charge is 0.345 e. The lowest BCUT2D eigenvalue weighted by atomic mass is 9.98. The van der Waals surface area contributed by atoms with Crippen molar-refractivity contribution < 1.29 is 9.53 Å². The highest BCUT2D eigenvalue weighted by molar-refractivity contribution is 5.92. The summed E-state index contributed by atoms with van der Waals surface area (Å²) in [6, 6.07) is 1.38. The zero-order valence-corrected chi connectivity index (χ0v) is 13.8. The molecule has 0 aliphatic carbocycles. The monoisotopic (exact) mass is 331 g/mol. The van der Waals surface area contributed by atoms with Gasteiger partial charge in [0.1, 0.15) is 11.8 Å². The van der Waals surface area contributed by atoms with Gasteiger partial charge >= 0.3 is 5.69 Å². The van der Waals surface area contributed by atoms with Crippen molar-refractivity contribution in [2.75, 3.05) is 6.61 Å². The van der Waals surface area contributed by atoms with Crippen molar-refractivity contribution in [3.63, 3.8) is 0 Å². The van der Waals surface area contributed by atoms with Crippen LogP contribution in [0, 0.1) is 6.92 Å². The Labute approximate surface area is 139 Å². The van der Waals surface area contributed by atoms with Crippen molar-refractivity contribution >= 4 is 5.91 Å². The molecule has 2 atom stereocenters. The van der Waals surface area contributed by atoms with Gasteiger partial charge in [-0.2, -0.15) is 10.1 Å². The van der Waals surface area contributed by atoms with Crippen LogP contribution in [0.2, 0.25) is 0 Å². The fourth-order valence-corrected chi connectivity index (χ4v) is 2.89. The molecule has 3 rings (SSSR count). The summed E-state index contributed by atoms with van der Waals surface area (Å²) in [5, 5.41) is 7.22. The summed E-state index contributed by atoms with van der Waals surface area (Å²) in [7, 11) is 0. The molecule has 0 spiro atoms. The minimum atomic E-state index is -0.527. The number of hydrogen-bond donors (Lipinski definition) is 2. The number of rotatable bonds is 4. The second kappa shape index (κ2) is 6.96. The molecular formula is C16H21N5O3. The third-order valence-corrected chi connectivity index (χ3v) is 4.06. The van der Waals surface area contributed by atoms with Gasteiger partial charge in [0.25, 0.3) is 5.91 Å². The van der Waals surface area contributed by atoms with Crippen LogP contribution in [0.25, 0.3) is 0 Å². The molecule has 24 heavy (non-hydrogen) atoms. The first-order valence-corrected chi connectivity index (χ1v) is 8.09. The van der Waals surface area contributed by atoms with Crippen molar-refractivity contribution in [1.82, 2.24) is 25.1 Å². The number of hydrogen-bond acceptors (Lipinski definition) is 5. The molecule has 2 N–H and O–H groups in total. The Balaban J connectivity index is 1.78. The Morgan fingerprint density at radius 3 is 3.08 bits per heavy atom. The number of carbonyl (C=O) groups is 1. The number of carbonyl (C=O) groups excluding carboxylic acids is 1. The largest absolute Gasteiger partial charge is 0.371 e. The highest BCUT2D eigenvalue weighted by atomic mass is 16.5. The molecule has 0 bridgehead atoms. The molecule has 0 unspecified atom stereocenters. The molecule has 1 saturated heterocycles. The van der Waals surface area contributed by atoms with Crippen LogP contribution in [-0.4, -0.2) is 38.3 Å². The zero-order chi connectivity index (χ0) is 17.1. The fourth-order valence-electron chi connectivity index (χ4n) is 2.89. The van der Waals surface area contributed by atoms with Crippen LogP contribution >= 0.6 is 0 Å². The number of nitrogens with zero attached hydrogens (tertiary/aromatic N) is 3. The van der Waals surface area contributed by atoms with E-state index in [1.54, 1.807) is 19.2 Å². The van der Waals surface area contributed by atoms with Crippen LogP contribution in [0.5, 0.6) is 0 Å². The number of nitrogens with one attached hydrogen (secondary N) is 2. The third kappa shape index (κ3) is 3.53. The molecule has 2 aromatic heterocycles. The first kappa shape index (κ1) is 16.4. The molecule has 8 nitrogen and oxygen atoms in total. The third-order valence-electron chi connectivity index (χ3n) is 4.06. The number of ether oxygens (including phenoxy) is 1. The van der Waals surface area contributed by atoms with E-state index in [4.69, 9.17) is 4.74 Å². The second-order valence-corrected chi connectivity index (χ2v) is 5.90. The van der Waals surface area contributed by atoms with E-state index in [0.717, 1.165) is 24.9 Å². The summed E-state index contributed by atoms with van der Waals surface area (Å²) in [6.07, 6.45) is 5.13. The maximum Gasteiger partial charge on any atom is 0.345 e. The van der Waals surface area contributed by atoms with Gasteiger partial charge in [-0.15, -0.1) is 0 Å². The van der Waals surface area contributed by atoms with Gasteiger partial charge in [-0.25, -0.2) is 4.79 Å². The highest BCUT2D eigenvalue weighted by Gasteiger charge is 2.30. The molecule has 0 aromatic carbocycles. The topological polar surface area (TPSA) is 102 Å². The lowest BCUT2D eigenvalue weighted by Gasteiger charge is -2.31. The van der Waals surface area contributed by atoms with Gasteiger partial charge in [0, 0.05) is 30.6 Å². The maximum absolute atomic E-state index is 12.5. The average Bonchev–Trinajstić information content (AvgIpc) is 3.03. The predicted octanol–water partition coefficient (Wildman–Crippen LogP) is 0.945. The quantitative estimate of drug-likeness (QED) is 0.868. The number of amides is 1. The predicted molar refractivity (Wildman–Crippen MR) is 86.7 cm³/mol. The number of aryl methyl sites for hydroxylation is 2. The van der Waals surface area contributed by atoms with Gasteiger partial charge in [-0.05, 0) is 32.8 Å². The van der Waals surface area contributed by atoms with E-state index in [1.807, 2.05) is 17.8 Å². The highest BCUT2D eigenvalue weighted by Crippen LogP contribution is 2.28. The Hall–Kier alpha value is -2.48. The molecular weight excluding hydrogens is 310 g/mol. The van der Waals surface area contributed by atoms with Crippen molar-refractivity contribution in [3.05, 3.63) is 45.9 Å². The molecule has 0 saturated carbocycles. The lowest BCUT2D eigenvalue weighted by molar-refractivity contribution is -0.00956. The number of H-pyrrole nitrogens is 1. The number of aromatic amines is 1. The normalized spacial score (nSPS) is 20.8. The molecule has 0 radical (unpaired) electrons. The van der Waals surface area contributed by atoms with Crippen molar-refractivity contribution in [1.29, 1.82) is 0 Å². The van der Waals surface area contributed by atoms with Gasteiger partial charge in [0.2, 0.25) is 0 Å². The molecule has 1 aliphatic heterocycles. The Kier molecular flexibility index (Phi) is 4.75. The van der Waals surface area contributed by atoms with E-state index in [1.165, 1.54) is 0 Å². The Morgan fingerprint density at radius 2 is 2.38 bits per heavy atom. The van der Waals surface area contributed by atoms with Gasteiger partial charge < -0.3 is 15.0 Å². The summed E-state index contributed by atoms with van der Waals surface area (Å²) < 4.78 is 7.69. The molecule has 128 valence electrons. The summed E-state index contributed by atoms with van der Waals surface area (Å²) in [4.78, 5) is 30.2. The van der Waals surface area contributed by atoms with Crippen LogP contribution in [0.3, 0.4) is 0 Å². The summed E-state index contributed by atoms with van der Waals surface area (Å²) >= 11 is 0. The maximum atomic E-state index is 12.5. The molecule has 2 aromatic rings. The van der Waals surface area contributed by atoms with Crippen LogP contribution in [0.15, 0.2) is 23.3 Å². The molecule has 1 fully saturated rings. The Morgan fingerprint density at radius 1 is 1.54 bits per heavy atom. The first-order chi connectivity index (χ1) is 11.6. The summed E-state index contributed by atoms with van der Waals surface area (Å²) in [5.41, 5.74) is 1.13. The SMILES string of the molecule is CCn1cc([C@H]2OCCC[C@@H]2NC(=O)c2cc(C)[nH]c(=O)n2)cn1. The average molecular weight is 331 g/mol. The Bertz CT molecular complexity index is 782. The van der Waals surface area contributed by atoms with E-state index < -0.39 is 5.69 Å². The van der Waals surface area contributed by atoms with Crippen molar-refractivity contribution in [2.45, 2.75) is 45.4 Å². The fraction of sp³-hybridized carbons (Fsp3) is 0.500. The van der Waals surface area contributed by atoms with E-state index in [2.05, 4.69) is 20.4 Å². The lowest BCUT2D eigenvalue weighted by Crippen LogP contribution is -2.43. The van der Waals surface area contributed by atoms with Crippen molar-refractivity contribution in [3.8, 4) is 0 Å². The molecule has 3 heterocycles. The van der Waals surface area contributed by atoms with Gasteiger partial charge in [0.05, 0.1) is 12.2 Å². The molecule has 1 amide bonds. The summed E-state index contributed by atoms with van der Waals surface area (Å²) in [6.45, 7) is 5.15. The minimum absolute atomic E-state index is 0.116. The van der Waals surface area contributed by atoms with Gasteiger partial charge in [0.15, 0.2) is 0 Å². The van der Waals surface area contributed by atoms with Gasteiger partial charge in [-0.3, -0.25) is 9.48 Å². The number of aromatic nitrogens is 4. The van der Waals surface area contributed by atoms with Crippen LogP contribution in [-0.2, 0) is 11.3 Å². The molecule has 1 aliphatic rings. The first-order valence-electron chi connectivity index (χ1n) is 8.09. The van der Waals surface area contributed by atoms with E-state index in [9.17, 15) is 9.59 Å². The second-order valence-electron chi connectivity index (χ2n) is 5.90. The molecule has 8 heteroatoms. The van der Waals surface area contributed by atoms with E-state index >= 15 is 0 Å². The zero-order valence-electron chi connectivity index (χ0n) is 13.8. The van der Waals surface area contributed by atoms with Crippen LogP contribution < -0.4 is 11.0 Å². The standard InChI is InChI=1S/C16H21N5O3/c1-3-21-9-11(8-17-21)14-12(5-4-6-24-14)19-15(22)13-7-10(2)18-16(23)20-13/h7-9,12,14H,3-6H2,1-2H3,(H,19,22)(H,18,20,23)/t12-,14+/m0/s1. The minimum Gasteiger partial charge on any atom is -0.371 e. The van der Waals surface area contributed by atoms with E-state index in [0.29, 0.717) is 12.3 Å².